The van der Waals surface area contributed by atoms with E-state index in [4.69, 9.17) is 0 Å². The Kier molecular flexibility index (Phi) is 1.74. The smallest absolute Gasteiger partial charge is 0.117 e. The van der Waals surface area contributed by atoms with Crippen molar-refractivity contribution in [2.45, 2.75) is 25.2 Å². The second-order valence-electron chi connectivity index (χ2n) is 3.83. The molecule has 1 heterocycles. The second kappa shape index (κ2) is 2.95. The quantitative estimate of drug-likeness (QED) is 0.775. The molecule has 72 valence electrons. The molecule has 0 atom stereocenters. The number of benzene rings is 1. The summed E-state index contributed by atoms with van der Waals surface area (Å²) >= 11 is 1.72. The van der Waals surface area contributed by atoms with Crippen LogP contribution in [0.2, 0.25) is 0 Å². The Morgan fingerprint density at radius 1 is 1.36 bits per heavy atom. The summed E-state index contributed by atoms with van der Waals surface area (Å²) in [4.78, 5) is 4.58. The Hall–Kier alpha value is -1.09. The van der Waals surface area contributed by atoms with Crippen molar-refractivity contribution in [2.24, 2.45) is 0 Å². The number of rotatable bonds is 1. The number of fused-ring (bicyclic) bond motifs is 1. The molecule has 1 aromatic carbocycles. The molecule has 3 rings (SSSR count). The Labute approximate surface area is 86.2 Å². The molecule has 1 saturated carbocycles. The normalized spacial score (nSPS) is 17.1. The molecule has 2 aromatic rings. The third-order valence-electron chi connectivity index (χ3n) is 2.84. The van der Waals surface area contributed by atoms with Gasteiger partial charge in [-0.2, -0.15) is 0 Å². The van der Waals surface area contributed by atoms with E-state index < -0.39 is 0 Å². The topological polar surface area (TPSA) is 33.1 Å². The zero-order valence-corrected chi connectivity index (χ0v) is 8.55. The van der Waals surface area contributed by atoms with Crippen LogP contribution >= 0.6 is 11.3 Å². The SMILES string of the molecule is Oc1ccc2nc(C3CCC3)sc2c1. The molecule has 14 heavy (non-hydrogen) atoms. The van der Waals surface area contributed by atoms with Crippen molar-refractivity contribution in [2.75, 3.05) is 0 Å². The Morgan fingerprint density at radius 3 is 2.93 bits per heavy atom. The van der Waals surface area contributed by atoms with Crippen molar-refractivity contribution >= 4 is 21.6 Å². The summed E-state index contributed by atoms with van der Waals surface area (Å²) in [6.07, 6.45) is 3.91. The summed E-state index contributed by atoms with van der Waals surface area (Å²) < 4.78 is 1.10. The second-order valence-corrected chi connectivity index (χ2v) is 4.89. The van der Waals surface area contributed by atoms with Crippen LogP contribution in [0.15, 0.2) is 18.2 Å². The lowest BCUT2D eigenvalue weighted by molar-refractivity contribution is 0.419. The number of phenols is 1. The van der Waals surface area contributed by atoms with E-state index in [1.165, 1.54) is 24.3 Å². The van der Waals surface area contributed by atoms with Gasteiger partial charge < -0.3 is 5.11 Å². The fourth-order valence-electron chi connectivity index (χ4n) is 1.76. The third kappa shape index (κ3) is 1.20. The maximum atomic E-state index is 9.33. The number of aromatic nitrogens is 1. The molecular weight excluding hydrogens is 194 g/mol. The molecule has 0 saturated heterocycles. The van der Waals surface area contributed by atoms with Crippen molar-refractivity contribution in [1.82, 2.24) is 4.98 Å². The van der Waals surface area contributed by atoms with Crippen LogP contribution in [0.25, 0.3) is 10.2 Å². The highest BCUT2D eigenvalue weighted by Gasteiger charge is 2.22. The first kappa shape index (κ1) is 8.24. The van der Waals surface area contributed by atoms with E-state index in [2.05, 4.69) is 4.98 Å². The minimum atomic E-state index is 0.335. The monoisotopic (exact) mass is 205 g/mol. The summed E-state index contributed by atoms with van der Waals surface area (Å²) in [6, 6.07) is 5.39. The largest absolute Gasteiger partial charge is 0.508 e. The molecule has 3 heteroatoms. The number of hydrogen-bond acceptors (Lipinski definition) is 3. The van der Waals surface area contributed by atoms with E-state index in [1.54, 1.807) is 23.5 Å². The lowest BCUT2D eigenvalue weighted by Gasteiger charge is -2.22. The lowest BCUT2D eigenvalue weighted by Crippen LogP contribution is -2.07. The molecule has 1 aliphatic rings. The van der Waals surface area contributed by atoms with Crippen molar-refractivity contribution in [1.29, 1.82) is 0 Å². The first-order valence-electron chi connectivity index (χ1n) is 4.92. The molecule has 0 radical (unpaired) electrons. The highest BCUT2D eigenvalue weighted by atomic mass is 32.1. The van der Waals surface area contributed by atoms with Crippen LogP contribution in [0.5, 0.6) is 5.75 Å². The van der Waals surface area contributed by atoms with Crippen molar-refractivity contribution in [3.63, 3.8) is 0 Å². The molecular formula is C11H11NOS. The number of phenolic OH excluding ortho intramolecular Hbond substituents is 1. The van der Waals surface area contributed by atoms with Gasteiger partial charge in [0.2, 0.25) is 0 Å². The summed E-state index contributed by atoms with van der Waals surface area (Å²) in [7, 11) is 0. The first-order chi connectivity index (χ1) is 6.83. The number of aromatic hydroxyl groups is 1. The van der Waals surface area contributed by atoms with Gasteiger partial charge in [-0.1, -0.05) is 6.42 Å². The van der Waals surface area contributed by atoms with Gasteiger partial charge in [-0.15, -0.1) is 11.3 Å². The zero-order chi connectivity index (χ0) is 9.54. The number of hydrogen-bond donors (Lipinski definition) is 1. The van der Waals surface area contributed by atoms with Gasteiger partial charge in [0.25, 0.3) is 0 Å². The van der Waals surface area contributed by atoms with Crippen molar-refractivity contribution < 1.29 is 5.11 Å². The highest BCUT2D eigenvalue weighted by molar-refractivity contribution is 7.18. The fourth-order valence-corrected chi connectivity index (χ4v) is 2.93. The van der Waals surface area contributed by atoms with Crippen LogP contribution < -0.4 is 0 Å². The van der Waals surface area contributed by atoms with Gasteiger partial charge in [-0.05, 0) is 31.0 Å². The summed E-state index contributed by atoms with van der Waals surface area (Å²) in [6.45, 7) is 0. The van der Waals surface area contributed by atoms with E-state index in [0.717, 1.165) is 10.2 Å². The van der Waals surface area contributed by atoms with Gasteiger partial charge in [0, 0.05) is 5.92 Å². The van der Waals surface area contributed by atoms with Crippen molar-refractivity contribution in [3.05, 3.63) is 23.2 Å². The van der Waals surface area contributed by atoms with E-state index in [0.29, 0.717) is 11.7 Å². The minimum absolute atomic E-state index is 0.335. The number of nitrogens with zero attached hydrogens (tertiary/aromatic N) is 1. The van der Waals surface area contributed by atoms with Gasteiger partial charge >= 0.3 is 0 Å². The van der Waals surface area contributed by atoms with Crippen LogP contribution in [-0.2, 0) is 0 Å². The molecule has 0 amide bonds. The van der Waals surface area contributed by atoms with E-state index in [1.807, 2.05) is 6.07 Å². The predicted octanol–water partition coefficient (Wildman–Crippen LogP) is 3.27. The maximum Gasteiger partial charge on any atom is 0.117 e. The molecule has 0 bridgehead atoms. The lowest BCUT2D eigenvalue weighted by atomic mass is 9.86. The predicted molar refractivity (Wildman–Crippen MR) is 57.9 cm³/mol. The minimum Gasteiger partial charge on any atom is -0.508 e. The molecule has 1 aromatic heterocycles. The third-order valence-corrected chi connectivity index (χ3v) is 4.02. The molecule has 2 nitrogen and oxygen atoms in total. The number of thiazole rings is 1. The average Bonchev–Trinajstić information content (AvgIpc) is 2.43. The maximum absolute atomic E-state index is 9.33. The Bertz CT molecular complexity index is 473. The van der Waals surface area contributed by atoms with E-state index >= 15 is 0 Å². The molecule has 1 N–H and O–H groups in total. The molecule has 0 spiro atoms. The van der Waals surface area contributed by atoms with Crippen LogP contribution in [-0.4, -0.2) is 10.1 Å². The first-order valence-corrected chi connectivity index (χ1v) is 5.74. The van der Waals surface area contributed by atoms with Gasteiger partial charge in [-0.25, -0.2) is 4.98 Å². The summed E-state index contributed by atoms with van der Waals surface area (Å²) in [5.41, 5.74) is 1.02. The molecule has 1 fully saturated rings. The summed E-state index contributed by atoms with van der Waals surface area (Å²) in [5.74, 6) is 1.02. The van der Waals surface area contributed by atoms with Crippen LogP contribution in [0.1, 0.15) is 30.2 Å². The van der Waals surface area contributed by atoms with E-state index in [-0.39, 0.29) is 0 Å². The Balaban J connectivity index is 2.10. The molecule has 1 aliphatic carbocycles. The molecule has 0 unspecified atom stereocenters. The van der Waals surface area contributed by atoms with Crippen LogP contribution in [0.3, 0.4) is 0 Å². The van der Waals surface area contributed by atoms with Crippen LogP contribution in [0, 0.1) is 0 Å². The fraction of sp³-hybridized carbons (Fsp3) is 0.364. The van der Waals surface area contributed by atoms with Gasteiger partial charge in [-0.3, -0.25) is 0 Å². The Morgan fingerprint density at radius 2 is 2.21 bits per heavy atom. The van der Waals surface area contributed by atoms with E-state index in [9.17, 15) is 5.11 Å². The van der Waals surface area contributed by atoms with Crippen LogP contribution in [0.4, 0.5) is 0 Å². The zero-order valence-electron chi connectivity index (χ0n) is 7.73. The standard InChI is InChI=1S/C11H11NOS/c13-8-4-5-9-10(6-8)14-11(12-9)7-2-1-3-7/h4-7,13H,1-3H2. The van der Waals surface area contributed by atoms with Gasteiger partial charge in [0.1, 0.15) is 5.75 Å². The van der Waals surface area contributed by atoms with Gasteiger partial charge in [0.05, 0.1) is 15.2 Å². The van der Waals surface area contributed by atoms with Gasteiger partial charge in [0.15, 0.2) is 0 Å². The summed E-state index contributed by atoms with van der Waals surface area (Å²) in [5, 5.41) is 10.6. The van der Waals surface area contributed by atoms with Crippen molar-refractivity contribution in [3.8, 4) is 5.75 Å². The molecule has 0 aliphatic heterocycles. The highest BCUT2D eigenvalue weighted by Crippen LogP contribution is 2.40. The average molecular weight is 205 g/mol.